The van der Waals surface area contributed by atoms with E-state index in [1.165, 1.54) is 12.1 Å². The Labute approximate surface area is 182 Å². The van der Waals surface area contributed by atoms with Crippen LogP contribution in [0.1, 0.15) is 16.7 Å². The molecule has 0 radical (unpaired) electrons. The molecule has 0 unspecified atom stereocenters. The van der Waals surface area contributed by atoms with Crippen molar-refractivity contribution in [1.82, 2.24) is 0 Å². The van der Waals surface area contributed by atoms with E-state index in [9.17, 15) is 9.18 Å². The van der Waals surface area contributed by atoms with Gasteiger partial charge in [0.05, 0.1) is 10.0 Å². The first-order valence-electron chi connectivity index (χ1n) is 8.93. The molecule has 4 nitrogen and oxygen atoms in total. The molecule has 30 heavy (non-hydrogen) atoms. The summed E-state index contributed by atoms with van der Waals surface area (Å²) in [6.07, 6.45) is 1.61. The van der Waals surface area contributed by atoms with Gasteiger partial charge >= 0.3 is 5.97 Å². The van der Waals surface area contributed by atoms with Crippen molar-refractivity contribution in [2.24, 2.45) is 4.99 Å². The van der Waals surface area contributed by atoms with Crippen LogP contribution in [0.5, 0.6) is 5.75 Å². The highest BCUT2D eigenvalue weighted by molar-refractivity contribution is 6.42. The van der Waals surface area contributed by atoms with Crippen molar-refractivity contribution in [2.45, 2.75) is 6.61 Å². The summed E-state index contributed by atoms with van der Waals surface area (Å²) in [6.45, 7) is 0.294. The van der Waals surface area contributed by atoms with Crippen LogP contribution >= 0.6 is 23.2 Å². The molecule has 0 fully saturated rings. The second-order valence-electron chi connectivity index (χ2n) is 6.45. The summed E-state index contributed by atoms with van der Waals surface area (Å²) in [6, 6.07) is 18.1. The number of benzene rings is 3. The molecule has 4 rings (SSSR count). The molecule has 0 atom stereocenters. The summed E-state index contributed by atoms with van der Waals surface area (Å²) in [5.41, 5.74) is 2.28. The van der Waals surface area contributed by atoms with Gasteiger partial charge in [0.15, 0.2) is 5.70 Å². The van der Waals surface area contributed by atoms with E-state index in [0.717, 1.165) is 11.1 Å². The number of ether oxygens (including phenoxy) is 2. The Bertz CT molecular complexity index is 1170. The molecule has 0 saturated heterocycles. The predicted molar refractivity (Wildman–Crippen MR) is 114 cm³/mol. The predicted octanol–water partition coefficient (Wildman–Crippen LogP) is 6.06. The molecule has 150 valence electrons. The average molecular weight is 442 g/mol. The molecule has 0 bridgehead atoms. The Morgan fingerprint density at radius 1 is 1.00 bits per heavy atom. The second kappa shape index (κ2) is 8.69. The van der Waals surface area contributed by atoms with E-state index in [0.29, 0.717) is 28.0 Å². The van der Waals surface area contributed by atoms with Gasteiger partial charge in [0.25, 0.3) is 0 Å². The number of carbonyl (C=O) groups excluding carboxylic acids is 1. The second-order valence-corrected chi connectivity index (χ2v) is 7.27. The Morgan fingerprint density at radius 3 is 2.57 bits per heavy atom. The van der Waals surface area contributed by atoms with Gasteiger partial charge < -0.3 is 9.47 Å². The van der Waals surface area contributed by atoms with Crippen LogP contribution in [0.25, 0.3) is 6.08 Å². The normalized spacial score (nSPS) is 14.6. The van der Waals surface area contributed by atoms with E-state index in [1.54, 1.807) is 54.6 Å². The largest absolute Gasteiger partial charge is 0.489 e. The van der Waals surface area contributed by atoms with Crippen molar-refractivity contribution in [3.05, 3.63) is 105 Å². The van der Waals surface area contributed by atoms with E-state index in [4.69, 9.17) is 32.7 Å². The Kier molecular flexibility index (Phi) is 5.84. The van der Waals surface area contributed by atoms with Gasteiger partial charge in [-0.1, -0.05) is 47.5 Å². The number of nitrogens with zero attached hydrogens (tertiary/aromatic N) is 1. The molecular formula is C23H14Cl2FNO3. The summed E-state index contributed by atoms with van der Waals surface area (Å²) in [7, 11) is 0. The third kappa shape index (κ3) is 4.70. The molecule has 0 N–H and O–H groups in total. The molecular weight excluding hydrogens is 428 g/mol. The number of aliphatic imine (C=N–C) groups is 1. The molecule has 3 aromatic rings. The topological polar surface area (TPSA) is 47.9 Å². The van der Waals surface area contributed by atoms with Gasteiger partial charge in [0.2, 0.25) is 5.90 Å². The first-order chi connectivity index (χ1) is 14.5. The molecule has 0 saturated carbocycles. The van der Waals surface area contributed by atoms with Gasteiger partial charge in [-0.25, -0.2) is 14.2 Å². The lowest BCUT2D eigenvalue weighted by Crippen LogP contribution is -2.05. The fourth-order valence-corrected chi connectivity index (χ4v) is 3.06. The van der Waals surface area contributed by atoms with E-state index in [-0.39, 0.29) is 17.4 Å². The highest BCUT2D eigenvalue weighted by Crippen LogP contribution is 2.26. The first-order valence-corrected chi connectivity index (χ1v) is 9.69. The van der Waals surface area contributed by atoms with Crippen LogP contribution in [0.3, 0.4) is 0 Å². The molecule has 1 aliphatic heterocycles. The molecule has 0 amide bonds. The SMILES string of the molecule is O=C1OC(c2ccc(Cl)c(Cl)c2)=N/C1=C\c1cccc(OCc2ccc(F)cc2)c1. The summed E-state index contributed by atoms with van der Waals surface area (Å²) < 4.78 is 24.0. The quantitative estimate of drug-likeness (QED) is 0.357. The smallest absolute Gasteiger partial charge is 0.363 e. The maximum absolute atomic E-state index is 13.0. The maximum Gasteiger partial charge on any atom is 0.363 e. The van der Waals surface area contributed by atoms with Crippen molar-refractivity contribution in [3.8, 4) is 5.75 Å². The van der Waals surface area contributed by atoms with Crippen molar-refractivity contribution in [2.75, 3.05) is 0 Å². The third-order valence-electron chi connectivity index (χ3n) is 4.27. The molecule has 0 aromatic heterocycles. The summed E-state index contributed by atoms with van der Waals surface area (Å²) in [5, 5.41) is 0.745. The monoisotopic (exact) mass is 441 g/mol. The van der Waals surface area contributed by atoms with Gasteiger partial charge in [0.1, 0.15) is 18.2 Å². The molecule has 0 aliphatic carbocycles. The first kappa shape index (κ1) is 20.1. The lowest BCUT2D eigenvalue weighted by molar-refractivity contribution is -0.129. The van der Waals surface area contributed by atoms with Crippen LogP contribution in [0.4, 0.5) is 4.39 Å². The number of rotatable bonds is 5. The van der Waals surface area contributed by atoms with E-state index in [2.05, 4.69) is 4.99 Å². The van der Waals surface area contributed by atoms with Crippen molar-refractivity contribution >= 4 is 41.1 Å². The minimum atomic E-state index is -0.561. The average Bonchev–Trinajstić information content (AvgIpc) is 3.10. The van der Waals surface area contributed by atoms with Gasteiger partial charge in [-0.15, -0.1) is 0 Å². The van der Waals surface area contributed by atoms with Crippen molar-refractivity contribution in [3.63, 3.8) is 0 Å². The van der Waals surface area contributed by atoms with Crippen LogP contribution < -0.4 is 4.74 Å². The number of halogens is 3. The zero-order valence-corrected chi connectivity index (χ0v) is 17.0. The van der Waals surface area contributed by atoms with Crippen LogP contribution in [0.15, 0.2) is 77.4 Å². The molecule has 7 heteroatoms. The van der Waals surface area contributed by atoms with Crippen LogP contribution in [0, 0.1) is 5.82 Å². The summed E-state index contributed by atoms with van der Waals surface area (Å²) in [5.74, 6) is -0.0902. The summed E-state index contributed by atoms with van der Waals surface area (Å²) in [4.78, 5) is 16.5. The van der Waals surface area contributed by atoms with Gasteiger partial charge in [-0.05, 0) is 59.7 Å². The Morgan fingerprint density at radius 2 is 1.80 bits per heavy atom. The minimum absolute atomic E-state index is 0.159. The molecule has 3 aromatic carbocycles. The highest BCUT2D eigenvalue weighted by Gasteiger charge is 2.24. The number of cyclic esters (lactones) is 1. The van der Waals surface area contributed by atoms with Gasteiger partial charge in [0, 0.05) is 5.56 Å². The lowest BCUT2D eigenvalue weighted by Gasteiger charge is -2.07. The number of esters is 1. The van der Waals surface area contributed by atoms with Crippen LogP contribution in [-0.4, -0.2) is 11.9 Å². The molecule has 1 heterocycles. The minimum Gasteiger partial charge on any atom is -0.489 e. The van der Waals surface area contributed by atoms with E-state index in [1.807, 2.05) is 6.07 Å². The number of carbonyl (C=O) groups is 1. The number of hydrogen-bond donors (Lipinski definition) is 0. The molecule has 0 spiro atoms. The third-order valence-corrected chi connectivity index (χ3v) is 5.01. The lowest BCUT2D eigenvalue weighted by atomic mass is 10.2. The fraction of sp³-hybridized carbons (Fsp3) is 0.0435. The van der Waals surface area contributed by atoms with Crippen LogP contribution in [0.2, 0.25) is 10.0 Å². The zero-order valence-electron chi connectivity index (χ0n) is 15.4. The highest BCUT2D eigenvalue weighted by atomic mass is 35.5. The standard InChI is InChI=1S/C23H14Cl2FNO3/c24-19-9-6-16(12-20(19)25)22-27-21(23(28)30-22)11-15-2-1-3-18(10-15)29-13-14-4-7-17(26)8-5-14/h1-12H,13H2/b21-11-. The van der Waals surface area contributed by atoms with Crippen molar-refractivity contribution < 1.29 is 18.7 Å². The maximum atomic E-state index is 13.0. The van der Waals surface area contributed by atoms with Gasteiger partial charge in [-0.3, -0.25) is 0 Å². The Balaban J connectivity index is 1.51. The zero-order chi connectivity index (χ0) is 21.1. The Hall–Kier alpha value is -3.15. The number of hydrogen-bond acceptors (Lipinski definition) is 4. The van der Waals surface area contributed by atoms with E-state index >= 15 is 0 Å². The fourth-order valence-electron chi connectivity index (χ4n) is 2.76. The summed E-state index contributed by atoms with van der Waals surface area (Å²) >= 11 is 11.9. The van der Waals surface area contributed by atoms with E-state index < -0.39 is 5.97 Å². The van der Waals surface area contributed by atoms with Crippen molar-refractivity contribution in [1.29, 1.82) is 0 Å². The molecule has 1 aliphatic rings. The van der Waals surface area contributed by atoms with Gasteiger partial charge in [-0.2, -0.15) is 0 Å². The van der Waals surface area contributed by atoms with Crippen LogP contribution in [-0.2, 0) is 16.1 Å².